The number of carboxylic acid groups (broad SMARTS) is 1. The summed E-state index contributed by atoms with van der Waals surface area (Å²) in [4.78, 5) is 49.2. The summed E-state index contributed by atoms with van der Waals surface area (Å²) in [6.07, 6.45) is 4.01. The average Bonchev–Trinajstić information content (AvgIpc) is 2.64. The summed E-state index contributed by atoms with van der Waals surface area (Å²) in [5.41, 5.74) is 6.34. The normalized spacial score (nSPS) is 20.4. The summed E-state index contributed by atoms with van der Waals surface area (Å²) in [7, 11) is 0. The predicted molar refractivity (Wildman–Crippen MR) is 90.6 cm³/mol. The Morgan fingerprint density at radius 3 is 2.07 bits per heavy atom. The van der Waals surface area contributed by atoms with Gasteiger partial charge in [-0.15, -0.1) is 4.99 Å². The van der Waals surface area contributed by atoms with Crippen LogP contribution >= 0.6 is 0 Å². The molecule has 0 heterocycles. The van der Waals surface area contributed by atoms with Crippen molar-refractivity contribution in [3.05, 3.63) is 0 Å². The van der Waals surface area contributed by atoms with Gasteiger partial charge in [-0.2, -0.15) is 5.48 Å². The third-order valence-electron chi connectivity index (χ3n) is 4.36. The van der Waals surface area contributed by atoms with E-state index < -0.39 is 30.4 Å². The summed E-state index contributed by atoms with van der Waals surface area (Å²) in [5, 5.41) is 23.6. The molecule has 1 aliphatic rings. The number of hydrogen-bond acceptors (Lipinski definition) is 7. The Labute approximate surface area is 156 Å². The lowest BCUT2D eigenvalue weighted by Gasteiger charge is -2.28. The van der Waals surface area contributed by atoms with Gasteiger partial charge >= 0.3 is 5.97 Å². The van der Waals surface area contributed by atoms with E-state index >= 15 is 0 Å². The smallest absolute Gasteiger partial charge is 0.322 e. The molecule has 0 spiro atoms. The third-order valence-corrected chi connectivity index (χ3v) is 4.36. The SMILES string of the molecule is [NH3+]C(CC1CCC(NOO)CC1)C(=O)NCC(=O)NCC(=O)NCC(=O)O. The number of carboxylic acids is 1. The lowest BCUT2D eigenvalue weighted by molar-refractivity contribution is -0.407. The van der Waals surface area contributed by atoms with E-state index in [-0.39, 0.29) is 25.0 Å². The van der Waals surface area contributed by atoms with Crippen LogP contribution in [-0.2, 0) is 24.2 Å². The van der Waals surface area contributed by atoms with Crippen LogP contribution in [0, 0.1) is 5.92 Å². The van der Waals surface area contributed by atoms with Crippen LogP contribution in [-0.4, -0.2) is 65.8 Å². The molecule has 1 rings (SSSR count). The predicted octanol–water partition coefficient (Wildman–Crippen LogP) is -3.03. The maximum absolute atomic E-state index is 12.0. The summed E-state index contributed by atoms with van der Waals surface area (Å²) in [6, 6.07) is -0.403. The number of amides is 3. The monoisotopic (exact) mass is 390 g/mol. The largest absolute Gasteiger partial charge is 0.480 e. The fourth-order valence-electron chi connectivity index (χ4n) is 2.89. The van der Waals surface area contributed by atoms with Crippen molar-refractivity contribution in [1.82, 2.24) is 21.4 Å². The standard InChI is InChI=1S/C15H27N5O7/c16-11(5-9-1-3-10(4-2-9)20-27-26)15(25)19-7-13(22)17-6-12(21)18-8-14(23)24/h9-11,20,26H,1-8,16H2,(H,17,22)(H,18,21)(H,19,25)(H,23,24)/p+1. The van der Waals surface area contributed by atoms with Crippen molar-refractivity contribution in [2.75, 3.05) is 19.6 Å². The number of nitrogens with one attached hydrogen (secondary N) is 4. The molecule has 1 fully saturated rings. The molecule has 1 saturated carbocycles. The third kappa shape index (κ3) is 9.84. The fourth-order valence-corrected chi connectivity index (χ4v) is 2.89. The second-order valence-electron chi connectivity index (χ2n) is 6.52. The molecule has 154 valence electrons. The molecule has 12 nitrogen and oxygen atoms in total. The average molecular weight is 390 g/mol. The van der Waals surface area contributed by atoms with Gasteiger partial charge in [-0.1, -0.05) is 0 Å². The Morgan fingerprint density at radius 1 is 0.963 bits per heavy atom. The molecule has 0 aliphatic heterocycles. The Hall–Kier alpha value is -2.28. The fraction of sp³-hybridized carbons (Fsp3) is 0.733. The zero-order chi connectivity index (χ0) is 20.2. The summed E-state index contributed by atoms with van der Waals surface area (Å²) in [5.74, 6) is -2.39. The number of carbonyl (C=O) groups is 4. The van der Waals surface area contributed by atoms with E-state index in [1.165, 1.54) is 0 Å². The zero-order valence-electron chi connectivity index (χ0n) is 15.0. The first kappa shape index (κ1) is 22.8. The van der Waals surface area contributed by atoms with Gasteiger partial charge in [0.2, 0.25) is 11.8 Å². The van der Waals surface area contributed by atoms with Crippen molar-refractivity contribution in [3.63, 3.8) is 0 Å². The molecule has 0 aromatic rings. The van der Waals surface area contributed by atoms with E-state index in [1.807, 2.05) is 0 Å². The van der Waals surface area contributed by atoms with Gasteiger partial charge < -0.3 is 26.8 Å². The highest BCUT2D eigenvalue weighted by molar-refractivity contribution is 5.89. The van der Waals surface area contributed by atoms with Crippen molar-refractivity contribution in [2.45, 2.75) is 44.2 Å². The molecule has 0 aromatic carbocycles. The van der Waals surface area contributed by atoms with E-state index in [1.54, 1.807) is 0 Å². The van der Waals surface area contributed by atoms with Crippen molar-refractivity contribution >= 4 is 23.7 Å². The second-order valence-corrected chi connectivity index (χ2v) is 6.52. The zero-order valence-corrected chi connectivity index (χ0v) is 15.0. The number of carbonyl (C=O) groups excluding carboxylic acids is 3. The van der Waals surface area contributed by atoms with Gasteiger partial charge in [-0.25, -0.2) is 5.26 Å². The van der Waals surface area contributed by atoms with E-state index in [0.717, 1.165) is 25.7 Å². The van der Waals surface area contributed by atoms with Gasteiger partial charge in [0.05, 0.1) is 13.1 Å². The number of hydroxylamine groups is 1. The van der Waals surface area contributed by atoms with Crippen molar-refractivity contribution in [3.8, 4) is 0 Å². The number of rotatable bonds is 11. The first-order valence-electron chi connectivity index (χ1n) is 8.73. The van der Waals surface area contributed by atoms with Crippen LogP contribution in [0.1, 0.15) is 32.1 Å². The molecular formula is C15H28N5O7+. The Bertz CT molecular complexity index is 523. The first-order valence-corrected chi connectivity index (χ1v) is 8.73. The highest BCUT2D eigenvalue weighted by Gasteiger charge is 2.27. The van der Waals surface area contributed by atoms with Crippen LogP contribution in [0.5, 0.6) is 0 Å². The van der Waals surface area contributed by atoms with Gasteiger partial charge in [0.25, 0.3) is 5.91 Å². The van der Waals surface area contributed by atoms with Crippen LogP contribution in [0.3, 0.4) is 0 Å². The molecule has 1 aliphatic carbocycles. The molecular weight excluding hydrogens is 362 g/mol. The highest BCUT2D eigenvalue weighted by Crippen LogP contribution is 2.27. The number of quaternary nitrogens is 1. The maximum Gasteiger partial charge on any atom is 0.322 e. The Morgan fingerprint density at radius 2 is 1.52 bits per heavy atom. The summed E-state index contributed by atoms with van der Waals surface area (Å²) >= 11 is 0. The molecule has 1 unspecified atom stereocenters. The first-order chi connectivity index (χ1) is 12.8. The molecule has 12 heteroatoms. The Balaban J connectivity index is 2.18. The summed E-state index contributed by atoms with van der Waals surface area (Å²) < 4.78 is 0. The van der Waals surface area contributed by atoms with Crippen LogP contribution in [0.15, 0.2) is 0 Å². The quantitative estimate of drug-likeness (QED) is 0.143. The van der Waals surface area contributed by atoms with Gasteiger partial charge in [0.15, 0.2) is 6.04 Å². The molecule has 0 radical (unpaired) electrons. The van der Waals surface area contributed by atoms with Crippen LogP contribution in [0.25, 0.3) is 0 Å². The molecule has 1 atom stereocenters. The Kier molecular flexibility index (Phi) is 10.3. The topological polar surface area (TPSA) is 194 Å². The van der Waals surface area contributed by atoms with Crippen LogP contribution < -0.4 is 27.2 Å². The van der Waals surface area contributed by atoms with Gasteiger partial charge in [-0.3, -0.25) is 19.2 Å². The molecule has 3 amide bonds. The van der Waals surface area contributed by atoms with E-state index in [0.29, 0.717) is 12.3 Å². The molecule has 0 saturated heterocycles. The molecule has 0 aromatic heterocycles. The number of hydrogen-bond donors (Lipinski definition) is 7. The van der Waals surface area contributed by atoms with Crippen molar-refractivity contribution < 1.29 is 40.3 Å². The maximum atomic E-state index is 12.0. The highest BCUT2D eigenvalue weighted by atomic mass is 17.2. The molecule has 0 bridgehead atoms. The molecule has 9 N–H and O–H groups in total. The van der Waals surface area contributed by atoms with Crippen molar-refractivity contribution in [2.24, 2.45) is 5.92 Å². The van der Waals surface area contributed by atoms with Crippen LogP contribution in [0.2, 0.25) is 0 Å². The lowest BCUT2D eigenvalue weighted by atomic mass is 9.82. The molecule has 27 heavy (non-hydrogen) atoms. The van der Waals surface area contributed by atoms with Gasteiger partial charge in [0, 0.05) is 12.5 Å². The minimum Gasteiger partial charge on any atom is -0.480 e. The van der Waals surface area contributed by atoms with Gasteiger partial charge in [-0.05, 0) is 31.6 Å². The van der Waals surface area contributed by atoms with Crippen LogP contribution in [0.4, 0.5) is 0 Å². The van der Waals surface area contributed by atoms with E-state index in [4.69, 9.17) is 10.4 Å². The van der Waals surface area contributed by atoms with Gasteiger partial charge in [0.1, 0.15) is 6.54 Å². The van der Waals surface area contributed by atoms with E-state index in [2.05, 4.69) is 32.2 Å². The lowest BCUT2D eigenvalue weighted by Crippen LogP contribution is -2.68. The number of aliphatic carboxylic acids is 1. The minimum absolute atomic E-state index is 0.0970. The van der Waals surface area contributed by atoms with Crippen molar-refractivity contribution in [1.29, 1.82) is 0 Å². The second kappa shape index (κ2) is 12.2. The van der Waals surface area contributed by atoms with E-state index in [9.17, 15) is 19.2 Å². The summed E-state index contributed by atoms with van der Waals surface area (Å²) in [6.45, 7) is -1.19. The minimum atomic E-state index is -1.19.